The van der Waals surface area contributed by atoms with Crippen LogP contribution in [-0.4, -0.2) is 28.2 Å². The molecule has 0 aliphatic heterocycles. The number of non-ortho nitro benzene ring substituents is 1. The van der Waals surface area contributed by atoms with Gasteiger partial charge in [0.2, 0.25) is 11.8 Å². The quantitative estimate of drug-likeness (QED) is 0.493. The fraction of sp³-hybridized carbons (Fsp3) is 0.333. The lowest BCUT2D eigenvalue weighted by atomic mass is 10.2. The molecule has 1 aromatic carbocycles. The molecule has 1 heterocycles. The maximum Gasteiger partial charge on any atom is 0.273 e. The van der Waals surface area contributed by atoms with Crippen LogP contribution in [-0.2, 0) is 6.42 Å². The molecule has 20 heavy (non-hydrogen) atoms. The molecule has 0 bridgehead atoms. The lowest BCUT2D eigenvalue weighted by molar-refractivity contribution is -0.385. The first kappa shape index (κ1) is 14.1. The minimum atomic E-state index is -0.721. The number of nitrogens with one attached hydrogen (secondary N) is 1. The largest absolute Gasteiger partial charge is 0.421 e. The molecular weight excluding hydrogens is 267 g/mol. The van der Waals surface area contributed by atoms with Gasteiger partial charge >= 0.3 is 0 Å². The molecule has 7 nitrogen and oxygen atoms in total. The van der Waals surface area contributed by atoms with E-state index in [2.05, 4.69) is 15.5 Å². The van der Waals surface area contributed by atoms with Gasteiger partial charge < -0.3 is 9.73 Å². The van der Waals surface area contributed by atoms with E-state index in [-0.39, 0.29) is 17.1 Å². The summed E-state index contributed by atoms with van der Waals surface area (Å²) in [5, 5.41) is 21.4. The maximum absolute atomic E-state index is 13.3. The topological polar surface area (TPSA) is 94.1 Å². The number of nitro groups is 1. The molecule has 1 N–H and O–H groups in total. The van der Waals surface area contributed by atoms with Crippen molar-refractivity contribution in [1.29, 1.82) is 0 Å². The summed E-state index contributed by atoms with van der Waals surface area (Å²) in [5.74, 6) is -0.256. The van der Waals surface area contributed by atoms with E-state index < -0.39 is 10.7 Å². The highest BCUT2D eigenvalue weighted by Crippen LogP contribution is 2.24. The van der Waals surface area contributed by atoms with Gasteiger partial charge in [-0.05, 0) is 12.6 Å². The number of nitrogens with zero attached hydrogens (tertiary/aromatic N) is 3. The first-order chi connectivity index (χ1) is 9.60. The Morgan fingerprint density at radius 2 is 2.20 bits per heavy atom. The summed E-state index contributed by atoms with van der Waals surface area (Å²) in [6.45, 7) is 3.49. The van der Waals surface area contributed by atoms with Gasteiger partial charge in [-0.15, -0.1) is 10.2 Å². The Bertz CT molecular complexity index is 614. The van der Waals surface area contributed by atoms with E-state index in [1.54, 1.807) is 0 Å². The fourth-order valence-corrected chi connectivity index (χ4v) is 1.65. The Hall–Kier alpha value is -2.35. The van der Waals surface area contributed by atoms with Gasteiger partial charge in [0, 0.05) is 24.6 Å². The third kappa shape index (κ3) is 3.35. The van der Waals surface area contributed by atoms with Crippen molar-refractivity contribution in [3.63, 3.8) is 0 Å². The van der Waals surface area contributed by atoms with E-state index in [0.29, 0.717) is 18.9 Å². The number of rotatable bonds is 6. The fourth-order valence-electron chi connectivity index (χ4n) is 1.65. The van der Waals surface area contributed by atoms with Crippen molar-refractivity contribution in [1.82, 2.24) is 15.5 Å². The second-order valence-corrected chi connectivity index (χ2v) is 4.06. The predicted octanol–water partition coefficient (Wildman–Crippen LogP) is 1.94. The number of halogens is 1. The molecule has 0 unspecified atom stereocenters. The van der Waals surface area contributed by atoms with Crippen LogP contribution in [0.5, 0.6) is 0 Å². The molecule has 0 radical (unpaired) electrons. The van der Waals surface area contributed by atoms with E-state index in [9.17, 15) is 14.5 Å². The van der Waals surface area contributed by atoms with Crippen molar-refractivity contribution in [2.45, 2.75) is 13.3 Å². The summed E-state index contributed by atoms with van der Waals surface area (Å²) in [6, 6.07) is 3.16. The van der Waals surface area contributed by atoms with Crippen LogP contribution < -0.4 is 5.32 Å². The predicted molar refractivity (Wildman–Crippen MR) is 68.6 cm³/mol. The number of benzene rings is 1. The van der Waals surface area contributed by atoms with Crippen LogP contribution in [0.2, 0.25) is 0 Å². The highest BCUT2D eigenvalue weighted by Gasteiger charge is 2.15. The second-order valence-electron chi connectivity index (χ2n) is 4.06. The minimum Gasteiger partial charge on any atom is -0.421 e. The highest BCUT2D eigenvalue weighted by atomic mass is 19.1. The third-order valence-electron chi connectivity index (χ3n) is 2.57. The van der Waals surface area contributed by atoms with E-state index in [4.69, 9.17) is 4.42 Å². The molecule has 2 rings (SSSR count). The third-order valence-corrected chi connectivity index (χ3v) is 2.57. The van der Waals surface area contributed by atoms with Crippen LogP contribution in [0.15, 0.2) is 22.6 Å². The Morgan fingerprint density at radius 3 is 2.90 bits per heavy atom. The van der Waals surface area contributed by atoms with Gasteiger partial charge in [-0.2, -0.15) is 0 Å². The summed E-state index contributed by atoms with van der Waals surface area (Å²) in [7, 11) is 0. The lowest BCUT2D eigenvalue weighted by Gasteiger charge is -1.97. The SMILES string of the molecule is CCNCCc1nnc(-c2cc(F)cc([N+](=O)[O-])c2)o1. The van der Waals surface area contributed by atoms with E-state index in [1.165, 1.54) is 6.07 Å². The zero-order valence-corrected chi connectivity index (χ0v) is 10.8. The number of likely N-dealkylation sites (N-methyl/N-ethyl adjacent to an activating group) is 1. The molecule has 2 aromatic rings. The van der Waals surface area contributed by atoms with Gasteiger partial charge in [-0.25, -0.2) is 4.39 Å². The number of nitro benzene ring substituents is 1. The number of aromatic nitrogens is 2. The van der Waals surface area contributed by atoms with Crippen LogP contribution in [0.3, 0.4) is 0 Å². The normalized spacial score (nSPS) is 10.7. The van der Waals surface area contributed by atoms with Crippen molar-refractivity contribution in [2.75, 3.05) is 13.1 Å². The van der Waals surface area contributed by atoms with E-state index in [1.807, 2.05) is 6.92 Å². The molecule has 8 heteroatoms. The van der Waals surface area contributed by atoms with Crippen molar-refractivity contribution in [3.8, 4) is 11.5 Å². The van der Waals surface area contributed by atoms with E-state index in [0.717, 1.165) is 18.7 Å². The Morgan fingerprint density at radius 1 is 1.40 bits per heavy atom. The molecule has 0 saturated heterocycles. The molecule has 0 spiro atoms. The van der Waals surface area contributed by atoms with Crippen molar-refractivity contribution >= 4 is 5.69 Å². The standard InChI is InChI=1S/C12H13FN4O3/c1-2-14-4-3-11-15-16-12(20-11)8-5-9(13)7-10(6-8)17(18)19/h5-7,14H,2-4H2,1H3. The molecular formula is C12H13FN4O3. The number of hydrogen-bond acceptors (Lipinski definition) is 6. The maximum atomic E-state index is 13.3. The first-order valence-electron chi connectivity index (χ1n) is 6.08. The van der Waals surface area contributed by atoms with Crippen LogP contribution >= 0.6 is 0 Å². The zero-order chi connectivity index (χ0) is 14.5. The van der Waals surface area contributed by atoms with Crippen LogP contribution in [0.1, 0.15) is 12.8 Å². The smallest absolute Gasteiger partial charge is 0.273 e. The second kappa shape index (κ2) is 6.20. The monoisotopic (exact) mass is 280 g/mol. The van der Waals surface area contributed by atoms with Gasteiger partial charge in [0.1, 0.15) is 5.82 Å². The molecule has 0 amide bonds. The van der Waals surface area contributed by atoms with Crippen LogP contribution in [0.4, 0.5) is 10.1 Å². The Balaban J connectivity index is 2.21. The van der Waals surface area contributed by atoms with Gasteiger partial charge in [-0.3, -0.25) is 10.1 Å². The van der Waals surface area contributed by atoms with Gasteiger partial charge in [0.05, 0.1) is 11.0 Å². The lowest BCUT2D eigenvalue weighted by Crippen LogP contribution is -2.16. The molecule has 0 aliphatic carbocycles. The van der Waals surface area contributed by atoms with Crippen molar-refractivity contribution in [2.24, 2.45) is 0 Å². The van der Waals surface area contributed by atoms with Crippen LogP contribution in [0, 0.1) is 15.9 Å². The number of hydrogen-bond donors (Lipinski definition) is 1. The van der Waals surface area contributed by atoms with Crippen molar-refractivity contribution < 1.29 is 13.7 Å². The average Bonchev–Trinajstić information content (AvgIpc) is 2.87. The van der Waals surface area contributed by atoms with Crippen molar-refractivity contribution in [3.05, 3.63) is 40.0 Å². The summed E-state index contributed by atoms with van der Waals surface area (Å²) in [5.41, 5.74) is -0.161. The highest BCUT2D eigenvalue weighted by molar-refractivity contribution is 5.57. The summed E-state index contributed by atoms with van der Waals surface area (Å²) in [6.07, 6.45) is 0.540. The van der Waals surface area contributed by atoms with Gasteiger partial charge in [0.25, 0.3) is 5.69 Å². The molecule has 0 saturated carbocycles. The van der Waals surface area contributed by atoms with Crippen LogP contribution in [0.25, 0.3) is 11.5 Å². The van der Waals surface area contributed by atoms with Gasteiger partial charge in [-0.1, -0.05) is 6.92 Å². The summed E-state index contributed by atoms with van der Waals surface area (Å²) < 4.78 is 18.7. The minimum absolute atomic E-state index is 0.0686. The molecule has 1 aromatic heterocycles. The Labute approximate surface area is 114 Å². The molecule has 0 aliphatic rings. The average molecular weight is 280 g/mol. The first-order valence-corrected chi connectivity index (χ1v) is 6.08. The molecule has 0 atom stereocenters. The van der Waals surface area contributed by atoms with E-state index >= 15 is 0 Å². The molecule has 106 valence electrons. The Kier molecular flexibility index (Phi) is 4.36. The molecule has 0 fully saturated rings. The van der Waals surface area contributed by atoms with Gasteiger partial charge in [0.15, 0.2) is 0 Å². The summed E-state index contributed by atoms with van der Waals surface area (Å²) in [4.78, 5) is 10.0. The summed E-state index contributed by atoms with van der Waals surface area (Å²) >= 11 is 0. The zero-order valence-electron chi connectivity index (χ0n) is 10.8.